The summed E-state index contributed by atoms with van der Waals surface area (Å²) in [4.78, 5) is 1.27. The van der Waals surface area contributed by atoms with Gasteiger partial charge in [0, 0.05) is 12.4 Å². The average Bonchev–Trinajstić information content (AvgIpc) is 2.78. The molecule has 0 aliphatic carbocycles. The van der Waals surface area contributed by atoms with Crippen LogP contribution in [0.1, 0.15) is 11.1 Å². The first kappa shape index (κ1) is 13.7. The van der Waals surface area contributed by atoms with Gasteiger partial charge in [0.1, 0.15) is 4.90 Å². The van der Waals surface area contributed by atoms with Gasteiger partial charge in [-0.25, -0.2) is 8.42 Å². The van der Waals surface area contributed by atoms with Gasteiger partial charge >= 0.3 is 6.18 Å². The maximum Gasteiger partial charge on any atom is 0.419 e. The van der Waals surface area contributed by atoms with E-state index in [4.69, 9.17) is 0 Å². The summed E-state index contributed by atoms with van der Waals surface area (Å²) < 4.78 is 62.4. The molecule has 3 nitrogen and oxygen atoms in total. The van der Waals surface area contributed by atoms with Crippen molar-refractivity contribution < 1.29 is 21.6 Å². The Morgan fingerprint density at radius 2 is 1.63 bits per heavy atom. The van der Waals surface area contributed by atoms with E-state index in [0.717, 1.165) is 11.8 Å². The summed E-state index contributed by atoms with van der Waals surface area (Å²) >= 11 is 0. The third-order valence-corrected chi connectivity index (χ3v) is 4.44. The summed E-state index contributed by atoms with van der Waals surface area (Å²) in [6, 6.07) is 5.65. The van der Waals surface area contributed by atoms with Crippen LogP contribution in [-0.4, -0.2) is 13.4 Å². The Bertz CT molecular complexity index is 685. The van der Waals surface area contributed by atoms with Gasteiger partial charge in [0.05, 0.1) is 10.5 Å². The van der Waals surface area contributed by atoms with Crippen molar-refractivity contribution in [3.63, 3.8) is 0 Å². The van der Waals surface area contributed by atoms with Crippen molar-refractivity contribution in [3.8, 4) is 0 Å². The number of rotatable bonds is 2. The summed E-state index contributed by atoms with van der Waals surface area (Å²) in [5, 5.41) is 0. The molecule has 0 fully saturated rings. The maximum absolute atomic E-state index is 12.7. The molecule has 0 spiro atoms. The fraction of sp³-hybridized carbons (Fsp3) is 0.167. The topological polar surface area (TPSA) is 49.9 Å². The third-order valence-electron chi connectivity index (χ3n) is 2.63. The fourth-order valence-electron chi connectivity index (χ4n) is 1.64. The fourth-order valence-corrected chi connectivity index (χ4v) is 3.07. The molecule has 1 N–H and O–H groups in total. The van der Waals surface area contributed by atoms with Crippen molar-refractivity contribution in [1.82, 2.24) is 4.98 Å². The van der Waals surface area contributed by atoms with Crippen molar-refractivity contribution in [2.75, 3.05) is 0 Å². The lowest BCUT2D eigenvalue weighted by Gasteiger charge is -2.09. The lowest BCUT2D eigenvalue weighted by molar-refractivity contribution is -0.139. The van der Waals surface area contributed by atoms with Crippen LogP contribution in [0.5, 0.6) is 0 Å². The molecule has 0 bridgehead atoms. The van der Waals surface area contributed by atoms with Crippen molar-refractivity contribution in [3.05, 3.63) is 47.8 Å². The zero-order chi connectivity index (χ0) is 14.3. The Kier molecular flexibility index (Phi) is 3.17. The standard InChI is InChI=1S/C12H10F3NO2S/c1-8-2-4-9(5-3-8)19(17,18)11-7-16-6-10(11)12(13,14)15/h2-7,16H,1H3. The molecule has 0 atom stereocenters. The highest BCUT2D eigenvalue weighted by Gasteiger charge is 2.38. The van der Waals surface area contributed by atoms with Crippen LogP contribution in [0.4, 0.5) is 13.2 Å². The molecule has 0 saturated heterocycles. The number of alkyl halides is 3. The zero-order valence-electron chi connectivity index (χ0n) is 9.82. The first-order valence-electron chi connectivity index (χ1n) is 5.28. The summed E-state index contributed by atoms with van der Waals surface area (Å²) in [5.41, 5.74) is -0.364. The van der Waals surface area contributed by atoms with Gasteiger partial charge < -0.3 is 4.98 Å². The summed E-state index contributed by atoms with van der Waals surface area (Å²) in [7, 11) is -4.18. The molecule has 0 aliphatic heterocycles. The van der Waals surface area contributed by atoms with Gasteiger partial charge in [0.25, 0.3) is 0 Å². The highest BCUT2D eigenvalue weighted by Crippen LogP contribution is 2.36. The molecular formula is C12H10F3NO2S. The lowest BCUT2D eigenvalue weighted by atomic mass is 10.2. The van der Waals surface area contributed by atoms with Crippen LogP contribution in [0.2, 0.25) is 0 Å². The first-order valence-corrected chi connectivity index (χ1v) is 6.77. The summed E-state index contributed by atoms with van der Waals surface area (Å²) in [6.45, 7) is 1.76. The highest BCUT2D eigenvalue weighted by atomic mass is 32.2. The normalized spacial score (nSPS) is 12.6. The smallest absolute Gasteiger partial charge is 0.366 e. The largest absolute Gasteiger partial charge is 0.419 e. The summed E-state index contributed by atoms with van der Waals surface area (Å²) in [6.07, 6.45) is -3.23. The number of hydrogen-bond acceptors (Lipinski definition) is 2. The SMILES string of the molecule is Cc1ccc(S(=O)(=O)c2c[nH]cc2C(F)(F)F)cc1. The van der Waals surface area contributed by atoms with Gasteiger partial charge in [0.15, 0.2) is 0 Å². The number of hydrogen-bond donors (Lipinski definition) is 1. The van der Waals surface area contributed by atoms with Gasteiger partial charge in [-0.05, 0) is 19.1 Å². The van der Waals surface area contributed by atoms with Crippen LogP contribution in [0, 0.1) is 6.92 Å². The van der Waals surface area contributed by atoms with E-state index in [-0.39, 0.29) is 4.90 Å². The number of H-pyrrole nitrogens is 1. The third kappa shape index (κ3) is 2.51. The van der Waals surface area contributed by atoms with Crippen LogP contribution in [0.25, 0.3) is 0 Å². The molecule has 2 aromatic rings. The number of aryl methyl sites for hydroxylation is 1. The molecule has 0 unspecified atom stereocenters. The molecule has 19 heavy (non-hydrogen) atoms. The minimum Gasteiger partial charge on any atom is -0.366 e. The Labute approximate surface area is 108 Å². The number of halogens is 3. The predicted molar refractivity (Wildman–Crippen MR) is 62.4 cm³/mol. The second kappa shape index (κ2) is 4.41. The van der Waals surface area contributed by atoms with Gasteiger partial charge in [0.2, 0.25) is 9.84 Å². The van der Waals surface area contributed by atoms with Crippen molar-refractivity contribution >= 4 is 9.84 Å². The van der Waals surface area contributed by atoms with Crippen molar-refractivity contribution in [1.29, 1.82) is 0 Å². The molecule has 1 aromatic carbocycles. The maximum atomic E-state index is 12.7. The minimum atomic E-state index is -4.72. The van der Waals surface area contributed by atoms with E-state index >= 15 is 0 Å². The van der Waals surface area contributed by atoms with E-state index < -0.39 is 26.5 Å². The lowest BCUT2D eigenvalue weighted by Crippen LogP contribution is -2.11. The molecule has 0 aliphatic rings. The molecule has 2 rings (SSSR count). The second-order valence-corrected chi connectivity index (χ2v) is 5.97. The van der Waals surface area contributed by atoms with E-state index in [9.17, 15) is 21.6 Å². The predicted octanol–water partition coefficient (Wildman–Crippen LogP) is 3.17. The molecule has 1 heterocycles. The number of aromatic amines is 1. The van der Waals surface area contributed by atoms with Crippen LogP contribution in [0.15, 0.2) is 46.5 Å². The number of nitrogens with one attached hydrogen (secondary N) is 1. The quantitative estimate of drug-likeness (QED) is 0.923. The van der Waals surface area contributed by atoms with Gasteiger partial charge in [-0.3, -0.25) is 0 Å². The monoisotopic (exact) mass is 289 g/mol. The molecule has 102 valence electrons. The minimum absolute atomic E-state index is 0.164. The Hall–Kier alpha value is -1.76. The number of sulfone groups is 1. The van der Waals surface area contributed by atoms with Crippen LogP contribution < -0.4 is 0 Å². The van der Waals surface area contributed by atoms with Gasteiger partial charge in [-0.2, -0.15) is 13.2 Å². The highest BCUT2D eigenvalue weighted by molar-refractivity contribution is 7.91. The Morgan fingerprint density at radius 3 is 2.16 bits per heavy atom. The zero-order valence-corrected chi connectivity index (χ0v) is 10.6. The van der Waals surface area contributed by atoms with E-state index in [2.05, 4.69) is 4.98 Å². The van der Waals surface area contributed by atoms with Crippen LogP contribution >= 0.6 is 0 Å². The number of aromatic nitrogens is 1. The molecule has 1 aromatic heterocycles. The van der Waals surface area contributed by atoms with Crippen LogP contribution in [-0.2, 0) is 16.0 Å². The first-order chi connectivity index (χ1) is 8.73. The molecule has 7 heteroatoms. The van der Waals surface area contributed by atoms with E-state index in [1.165, 1.54) is 24.3 Å². The molecule has 0 amide bonds. The Balaban J connectivity index is 2.58. The second-order valence-electron chi connectivity index (χ2n) is 4.05. The molecule has 0 saturated carbocycles. The van der Waals surface area contributed by atoms with E-state index in [1.807, 2.05) is 0 Å². The van der Waals surface area contributed by atoms with Gasteiger partial charge in [-0.15, -0.1) is 0 Å². The summed E-state index contributed by atoms with van der Waals surface area (Å²) in [5.74, 6) is 0. The van der Waals surface area contributed by atoms with Crippen molar-refractivity contribution in [2.24, 2.45) is 0 Å². The van der Waals surface area contributed by atoms with Crippen molar-refractivity contribution in [2.45, 2.75) is 22.9 Å². The average molecular weight is 289 g/mol. The van der Waals surface area contributed by atoms with Gasteiger partial charge in [-0.1, -0.05) is 17.7 Å². The van der Waals surface area contributed by atoms with Crippen LogP contribution in [0.3, 0.4) is 0 Å². The number of benzene rings is 1. The van der Waals surface area contributed by atoms with E-state index in [0.29, 0.717) is 6.20 Å². The van der Waals surface area contributed by atoms with E-state index in [1.54, 1.807) is 6.92 Å². The Morgan fingerprint density at radius 1 is 1.05 bits per heavy atom. The molecule has 0 radical (unpaired) electrons. The molecular weight excluding hydrogens is 279 g/mol.